The molecular weight excluding hydrogens is 263 g/mol. The lowest BCUT2D eigenvalue weighted by molar-refractivity contribution is -0.142. The van der Waals surface area contributed by atoms with Gasteiger partial charge in [-0.1, -0.05) is 0 Å². The Morgan fingerprint density at radius 1 is 1.47 bits per heavy atom. The van der Waals surface area contributed by atoms with E-state index in [-0.39, 0.29) is 24.2 Å². The number of benzene rings is 1. The molecule has 0 saturated carbocycles. The molecule has 0 radical (unpaired) electrons. The minimum atomic E-state index is -3.16. The number of hydrogen-bond acceptors (Lipinski definition) is 4. The predicted molar refractivity (Wildman–Crippen MR) is 58.1 cm³/mol. The van der Waals surface area contributed by atoms with E-state index in [1.807, 2.05) is 0 Å². The largest absolute Gasteiger partial charge is 0.466 e. The molecule has 0 heterocycles. The number of ether oxygens (including phenoxy) is 2. The Balaban J connectivity index is 3.03. The molecule has 1 aromatic rings. The van der Waals surface area contributed by atoms with Gasteiger partial charge in [0.2, 0.25) is 0 Å². The summed E-state index contributed by atoms with van der Waals surface area (Å²) in [4.78, 5) is 11.2. The minimum absolute atomic E-state index is 0.114. The standard InChI is InChI=1S/C12H10F3NO3/c1-2-18-11(17)4-7-3-8(6-16)10(5-9(7)13)19-12(14)15/h3,5,12H,2,4H2,1H3. The Bertz CT molecular complexity index is 512. The molecule has 102 valence electrons. The minimum Gasteiger partial charge on any atom is -0.466 e. The van der Waals surface area contributed by atoms with E-state index in [1.165, 1.54) is 0 Å². The highest BCUT2D eigenvalue weighted by Gasteiger charge is 2.16. The summed E-state index contributed by atoms with van der Waals surface area (Å²) in [7, 11) is 0. The number of halogens is 3. The number of nitrogens with zero attached hydrogens (tertiary/aromatic N) is 1. The van der Waals surface area contributed by atoms with Gasteiger partial charge in [-0.2, -0.15) is 14.0 Å². The number of carbonyl (C=O) groups excluding carboxylic acids is 1. The third kappa shape index (κ3) is 4.17. The summed E-state index contributed by atoms with van der Waals surface area (Å²) in [6.07, 6.45) is -0.386. The quantitative estimate of drug-likeness (QED) is 0.773. The highest BCUT2D eigenvalue weighted by Crippen LogP contribution is 2.24. The summed E-state index contributed by atoms with van der Waals surface area (Å²) in [6, 6.07) is 3.24. The van der Waals surface area contributed by atoms with E-state index in [1.54, 1.807) is 13.0 Å². The van der Waals surface area contributed by atoms with Crippen molar-refractivity contribution in [2.45, 2.75) is 20.0 Å². The fourth-order valence-electron chi connectivity index (χ4n) is 1.38. The van der Waals surface area contributed by atoms with Gasteiger partial charge in [0.05, 0.1) is 18.6 Å². The third-order valence-electron chi connectivity index (χ3n) is 2.13. The maximum absolute atomic E-state index is 13.6. The van der Waals surface area contributed by atoms with Crippen molar-refractivity contribution in [3.63, 3.8) is 0 Å². The van der Waals surface area contributed by atoms with Crippen LogP contribution in [0.2, 0.25) is 0 Å². The van der Waals surface area contributed by atoms with Crippen LogP contribution in [0.5, 0.6) is 5.75 Å². The number of esters is 1. The number of carbonyl (C=O) groups is 1. The highest BCUT2D eigenvalue weighted by molar-refractivity contribution is 5.73. The monoisotopic (exact) mass is 273 g/mol. The van der Waals surface area contributed by atoms with Crippen LogP contribution in [0, 0.1) is 17.1 Å². The first-order valence-electron chi connectivity index (χ1n) is 5.30. The SMILES string of the molecule is CCOC(=O)Cc1cc(C#N)c(OC(F)F)cc1F. The summed E-state index contributed by atoms with van der Waals surface area (Å²) in [5.41, 5.74) is -0.391. The second-order valence-electron chi connectivity index (χ2n) is 3.41. The number of rotatable bonds is 5. The van der Waals surface area contributed by atoms with Crippen LogP contribution in [-0.2, 0) is 16.0 Å². The molecule has 0 saturated heterocycles. The molecule has 19 heavy (non-hydrogen) atoms. The molecule has 0 amide bonds. The Hall–Kier alpha value is -2.23. The van der Waals surface area contributed by atoms with Crippen molar-refractivity contribution in [1.82, 2.24) is 0 Å². The fraction of sp³-hybridized carbons (Fsp3) is 0.333. The van der Waals surface area contributed by atoms with Crippen LogP contribution >= 0.6 is 0 Å². The summed E-state index contributed by atoms with van der Waals surface area (Å²) in [5, 5.41) is 8.77. The first-order valence-corrected chi connectivity index (χ1v) is 5.30. The molecule has 0 aromatic heterocycles. The van der Waals surface area contributed by atoms with E-state index in [4.69, 9.17) is 5.26 Å². The van der Waals surface area contributed by atoms with Gasteiger partial charge in [-0.25, -0.2) is 4.39 Å². The van der Waals surface area contributed by atoms with Gasteiger partial charge in [-0.05, 0) is 13.0 Å². The van der Waals surface area contributed by atoms with Gasteiger partial charge in [0.25, 0.3) is 0 Å². The lowest BCUT2D eigenvalue weighted by atomic mass is 10.1. The van der Waals surface area contributed by atoms with Crippen LogP contribution in [0.4, 0.5) is 13.2 Å². The summed E-state index contributed by atoms with van der Waals surface area (Å²) in [6.45, 7) is -1.44. The van der Waals surface area contributed by atoms with Gasteiger partial charge in [0.1, 0.15) is 17.6 Å². The predicted octanol–water partition coefficient (Wildman–Crippen LogP) is 2.40. The van der Waals surface area contributed by atoms with Crippen molar-refractivity contribution < 1.29 is 27.4 Å². The summed E-state index contributed by atoms with van der Waals surface area (Å²) in [5.74, 6) is -2.15. The van der Waals surface area contributed by atoms with E-state index in [9.17, 15) is 18.0 Å². The van der Waals surface area contributed by atoms with Crippen LogP contribution in [0.25, 0.3) is 0 Å². The first-order chi connectivity index (χ1) is 8.97. The molecule has 1 aromatic carbocycles. The first kappa shape index (κ1) is 14.8. The zero-order chi connectivity index (χ0) is 14.4. The lowest BCUT2D eigenvalue weighted by Crippen LogP contribution is -2.10. The molecule has 0 bridgehead atoms. The highest BCUT2D eigenvalue weighted by atomic mass is 19.3. The van der Waals surface area contributed by atoms with Crippen molar-refractivity contribution in [2.75, 3.05) is 6.61 Å². The Morgan fingerprint density at radius 2 is 2.16 bits per heavy atom. The van der Waals surface area contributed by atoms with Gasteiger partial charge in [-0.15, -0.1) is 0 Å². The van der Waals surface area contributed by atoms with Crippen LogP contribution in [0.3, 0.4) is 0 Å². The van der Waals surface area contributed by atoms with Crippen molar-refractivity contribution in [2.24, 2.45) is 0 Å². The molecule has 0 aliphatic heterocycles. The Morgan fingerprint density at radius 3 is 2.68 bits per heavy atom. The molecule has 0 fully saturated rings. The van der Waals surface area contributed by atoms with E-state index in [2.05, 4.69) is 9.47 Å². The number of alkyl halides is 2. The van der Waals surface area contributed by atoms with E-state index >= 15 is 0 Å². The van der Waals surface area contributed by atoms with Crippen molar-refractivity contribution in [1.29, 1.82) is 5.26 Å². The Labute approximate surface area is 107 Å². The number of hydrogen-bond donors (Lipinski definition) is 0. The van der Waals surface area contributed by atoms with Crippen LogP contribution in [-0.4, -0.2) is 19.2 Å². The van der Waals surface area contributed by atoms with Crippen LogP contribution < -0.4 is 4.74 Å². The molecule has 4 nitrogen and oxygen atoms in total. The fourth-order valence-corrected chi connectivity index (χ4v) is 1.38. The Kier molecular flexibility index (Phi) is 5.18. The van der Waals surface area contributed by atoms with E-state index < -0.39 is 24.1 Å². The van der Waals surface area contributed by atoms with Gasteiger partial charge in [0.15, 0.2) is 0 Å². The normalized spacial score (nSPS) is 10.1. The second kappa shape index (κ2) is 6.64. The average molecular weight is 273 g/mol. The molecule has 0 atom stereocenters. The molecule has 7 heteroatoms. The van der Waals surface area contributed by atoms with E-state index in [0.717, 1.165) is 6.07 Å². The second-order valence-corrected chi connectivity index (χ2v) is 3.41. The molecule has 1 rings (SSSR count). The zero-order valence-corrected chi connectivity index (χ0v) is 9.95. The molecule has 0 aliphatic rings. The van der Waals surface area contributed by atoms with Gasteiger partial charge in [-0.3, -0.25) is 4.79 Å². The molecule has 0 spiro atoms. The smallest absolute Gasteiger partial charge is 0.387 e. The van der Waals surface area contributed by atoms with Crippen LogP contribution in [0.1, 0.15) is 18.1 Å². The van der Waals surface area contributed by atoms with Gasteiger partial charge < -0.3 is 9.47 Å². The number of nitriles is 1. The zero-order valence-electron chi connectivity index (χ0n) is 9.95. The summed E-state index contributed by atoms with van der Waals surface area (Å²) < 4.78 is 46.3. The maximum atomic E-state index is 13.6. The van der Waals surface area contributed by atoms with E-state index in [0.29, 0.717) is 6.07 Å². The maximum Gasteiger partial charge on any atom is 0.387 e. The molecular formula is C12H10F3NO3. The van der Waals surface area contributed by atoms with Gasteiger partial charge in [0, 0.05) is 11.6 Å². The van der Waals surface area contributed by atoms with Crippen molar-refractivity contribution in [3.05, 3.63) is 29.1 Å². The molecule has 0 N–H and O–H groups in total. The van der Waals surface area contributed by atoms with Crippen molar-refractivity contribution in [3.8, 4) is 11.8 Å². The van der Waals surface area contributed by atoms with Crippen molar-refractivity contribution >= 4 is 5.97 Å². The average Bonchev–Trinajstić information content (AvgIpc) is 2.32. The van der Waals surface area contributed by atoms with Crippen LogP contribution in [0.15, 0.2) is 12.1 Å². The molecule has 0 aliphatic carbocycles. The topological polar surface area (TPSA) is 59.3 Å². The third-order valence-corrected chi connectivity index (χ3v) is 2.13. The van der Waals surface area contributed by atoms with Gasteiger partial charge >= 0.3 is 12.6 Å². The molecule has 0 unspecified atom stereocenters. The lowest BCUT2D eigenvalue weighted by Gasteiger charge is -2.09. The summed E-state index contributed by atoms with van der Waals surface area (Å²) >= 11 is 0.